The molecule has 0 bridgehead atoms. The van der Waals surface area contributed by atoms with Gasteiger partial charge in [0.1, 0.15) is 12.3 Å². The van der Waals surface area contributed by atoms with E-state index in [1.807, 2.05) is 12.1 Å². The highest BCUT2D eigenvalue weighted by atomic mass is 19.2. The zero-order valence-corrected chi connectivity index (χ0v) is 17.1. The van der Waals surface area contributed by atoms with E-state index in [0.717, 1.165) is 22.4 Å². The molecule has 32 heavy (non-hydrogen) atoms. The Morgan fingerprint density at radius 3 is 2.53 bits per heavy atom. The number of carbonyl (C=O) groups is 1. The lowest BCUT2D eigenvalue weighted by molar-refractivity contribution is -0.122. The largest absolute Gasteiger partial charge is 0.497 e. The van der Waals surface area contributed by atoms with Gasteiger partial charge in [-0.05, 0) is 42.0 Å². The van der Waals surface area contributed by atoms with Gasteiger partial charge in [0.2, 0.25) is 5.91 Å². The SMILES string of the molecule is COc1cccc(CNC(=O)Cn2nc(-c3ccc(F)c(F)c3)c3ccccc3c2=O)c1. The van der Waals surface area contributed by atoms with Crippen LogP contribution in [0.15, 0.2) is 71.5 Å². The third-order valence-electron chi connectivity index (χ3n) is 4.98. The summed E-state index contributed by atoms with van der Waals surface area (Å²) in [5.74, 6) is -1.76. The van der Waals surface area contributed by atoms with Crippen molar-refractivity contribution >= 4 is 16.7 Å². The second kappa shape index (κ2) is 8.97. The number of hydrogen-bond acceptors (Lipinski definition) is 4. The minimum Gasteiger partial charge on any atom is -0.497 e. The highest BCUT2D eigenvalue weighted by Crippen LogP contribution is 2.26. The maximum atomic E-state index is 13.8. The average molecular weight is 435 g/mol. The quantitative estimate of drug-likeness (QED) is 0.502. The molecule has 1 N–H and O–H groups in total. The molecule has 0 radical (unpaired) electrons. The van der Waals surface area contributed by atoms with E-state index >= 15 is 0 Å². The lowest BCUT2D eigenvalue weighted by atomic mass is 10.0. The van der Waals surface area contributed by atoms with Crippen LogP contribution in [-0.4, -0.2) is 22.8 Å². The Morgan fingerprint density at radius 2 is 1.78 bits per heavy atom. The summed E-state index contributed by atoms with van der Waals surface area (Å²) >= 11 is 0. The number of benzene rings is 3. The summed E-state index contributed by atoms with van der Waals surface area (Å²) in [6.07, 6.45) is 0. The second-order valence-electron chi connectivity index (χ2n) is 7.11. The first kappa shape index (κ1) is 21.2. The normalized spacial score (nSPS) is 10.8. The van der Waals surface area contributed by atoms with E-state index in [1.165, 1.54) is 6.07 Å². The Morgan fingerprint density at radius 1 is 1.00 bits per heavy atom. The van der Waals surface area contributed by atoms with Crippen LogP contribution >= 0.6 is 0 Å². The van der Waals surface area contributed by atoms with Crippen molar-refractivity contribution in [1.82, 2.24) is 15.1 Å². The van der Waals surface area contributed by atoms with Crippen LogP contribution < -0.4 is 15.6 Å². The Labute approximate surface area is 182 Å². The zero-order chi connectivity index (χ0) is 22.7. The summed E-state index contributed by atoms with van der Waals surface area (Å²) in [4.78, 5) is 25.4. The zero-order valence-electron chi connectivity index (χ0n) is 17.1. The minimum atomic E-state index is -1.03. The second-order valence-corrected chi connectivity index (χ2v) is 7.11. The van der Waals surface area contributed by atoms with Gasteiger partial charge in [-0.1, -0.05) is 30.3 Å². The van der Waals surface area contributed by atoms with Crippen molar-refractivity contribution in [3.05, 3.63) is 94.3 Å². The molecule has 8 heteroatoms. The third kappa shape index (κ3) is 4.34. The highest BCUT2D eigenvalue weighted by Gasteiger charge is 2.15. The van der Waals surface area contributed by atoms with Crippen LogP contribution in [0.2, 0.25) is 0 Å². The monoisotopic (exact) mass is 435 g/mol. The van der Waals surface area contributed by atoms with E-state index < -0.39 is 23.1 Å². The third-order valence-corrected chi connectivity index (χ3v) is 4.98. The Hall–Kier alpha value is -4.07. The number of rotatable bonds is 6. The Balaban J connectivity index is 1.65. The van der Waals surface area contributed by atoms with Crippen molar-refractivity contribution < 1.29 is 18.3 Å². The van der Waals surface area contributed by atoms with Gasteiger partial charge in [0.15, 0.2) is 11.6 Å². The maximum absolute atomic E-state index is 13.8. The molecule has 4 rings (SSSR count). The van der Waals surface area contributed by atoms with Gasteiger partial charge in [-0.2, -0.15) is 5.10 Å². The smallest absolute Gasteiger partial charge is 0.275 e. The number of ether oxygens (including phenoxy) is 1. The van der Waals surface area contributed by atoms with E-state index in [0.29, 0.717) is 22.1 Å². The first-order chi connectivity index (χ1) is 15.5. The fourth-order valence-electron chi connectivity index (χ4n) is 3.37. The van der Waals surface area contributed by atoms with Crippen LogP contribution in [0.25, 0.3) is 22.0 Å². The minimum absolute atomic E-state index is 0.244. The molecule has 1 amide bonds. The summed E-state index contributed by atoms with van der Waals surface area (Å²) in [7, 11) is 1.56. The molecular formula is C24H19F2N3O3. The van der Waals surface area contributed by atoms with Gasteiger partial charge < -0.3 is 10.1 Å². The molecule has 0 aliphatic heterocycles. The molecular weight excluding hydrogens is 416 g/mol. The topological polar surface area (TPSA) is 73.2 Å². The van der Waals surface area contributed by atoms with E-state index in [4.69, 9.17) is 4.74 Å². The number of methoxy groups -OCH3 is 1. The number of hydrogen-bond donors (Lipinski definition) is 1. The fraction of sp³-hybridized carbons (Fsp3) is 0.125. The molecule has 162 valence electrons. The van der Waals surface area contributed by atoms with Crippen molar-refractivity contribution in [2.24, 2.45) is 0 Å². The van der Waals surface area contributed by atoms with E-state index in [2.05, 4.69) is 10.4 Å². The van der Waals surface area contributed by atoms with Crippen LogP contribution in [0, 0.1) is 11.6 Å². The van der Waals surface area contributed by atoms with Crippen LogP contribution in [0.4, 0.5) is 8.78 Å². The standard InChI is InChI=1S/C24H19F2N3O3/c1-32-17-6-4-5-15(11-17)13-27-22(30)14-29-24(31)19-8-3-2-7-18(19)23(28-29)16-9-10-20(25)21(26)12-16/h2-12H,13-14H2,1H3,(H,27,30). The van der Waals surface area contributed by atoms with Gasteiger partial charge in [-0.25, -0.2) is 13.5 Å². The summed E-state index contributed by atoms with van der Waals surface area (Å²) in [6, 6.07) is 17.3. The lowest BCUT2D eigenvalue weighted by Gasteiger charge is -2.12. The first-order valence-electron chi connectivity index (χ1n) is 9.81. The van der Waals surface area contributed by atoms with Crippen molar-refractivity contribution in [1.29, 1.82) is 0 Å². The molecule has 0 saturated heterocycles. The molecule has 1 aromatic heterocycles. The first-order valence-corrected chi connectivity index (χ1v) is 9.81. The van der Waals surface area contributed by atoms with Crippen LogP contribution in [-0.2, 0) is 17.9 Å². The molecule has 0 atom stereocenters. The molecule has 0 spiro atoms. The number of aromatic nitrogens is 2. The number of fused-ring (bicyclic) bond motifs is 1. The predicted molar refractivity (Wildman–Crippen MR) is 116 cm³/mol. The number of halogens is 2. The summed E-state index contributed by atoms with van der Waals surface area (Å²) in [6.45, 7) is -0.0846. The number of nitrogens with zero attached hydrogens (tertiary/aromatic N) is 2. The fourth-order valence-corrected chi connectivity index (χ4v) is 3.37. The van der Waals surface area contributed by atoms with E-state index in [-0.39, 0.29) is 18.8 Å². The summed E-state index contributed by atoms with van der Waals surface area (Å²) in [5.41, 5.74) is 0.952. The Kier molecular flexibility index (Phi) is 5.93. The molecule has 3 aromatic carbocycles. The van der Waals surface area contributed by atoms with E-state index in [9.17, 15) is 18.4 Å². The van der Waals surface area contributed by atoms with Crippen LogP contribution in [0.5, 0.6) is 5.75 Å². The Bertz CT molecular complexity index is 1370. The molecule has 4 aromatic rings. The van der Waals surface area contributed by atoms with Crippen molar-refractivity contribution in [2.45, 2.75) is 13.1 Å². The maximum Gasteiger partial charge on any atom is 0.275 e. The van der Waals surface area contributed by atoms with E-state index in [1.54, 1.807) is 43.5 Å². The van der Waals surface area contributed by atoms with Gasteiger partial charge in [-0.15, -0.1) is 0 Å². The molecule has 0 saturated carbocycles. The van der Waals surface area contributed by atoms with Gasteiger partial charge in [0, 0.05) is 17.5 Å². The van der Waals surface area contributed by atoms with Crippen LogP contribution in [0.1, 0.15) is 5.56 Å². The van der Waals surface area contributed by atoms with Crippen LogP contribution in [0.3, 0.4) is 0 Å². The molecule has 0 aliphatic carbocycles. The van der Waals surface area contributed by atoms with Gasteiger partial charge >= 0.3 is 0 Å². The van der Waals surface area contributed by atoms with Gasteiger partial charge in [0.05, 0.1) is 18.2 Å². The number of nitrogens with one attached hydrogen (secondary N) is 1. The van der Waals surface area contributed by atoms with Crippen molar-refractivity contribution in [2.75, 3.05) is 7.11 Å². The van der Waals surface area contributed by atoms with Crippen molar-refractivity contribution in [3.63, 3.8) is 0 Å². The number of amides is 1. The highest BCUT2D eigenvalue weighted by molar-refractivity contribution is 5.93. The molecule has 6 nitrogen and oxygen atoms in total. The predicted octanol–water partition coefficient (Wildman–Crippen LogP) is 3.67. The molecule has 1 heterocycles. The van der Waals surface area contributed by atoms with Gasteiger partial charge in [-0.3, -0.25) is 9.59 Å². The van der Waals surface area contributed by atoms with Crippen molar-refractivity contribution in [3.8, 4) is 17.0 Å². The average Bonchev–Trinajstić information content (AvgIpc) is 2.81. The van der Waals surface area contributed by atoms with Gasteiger partial charge in [0.25, 0.3) is 5.56 Å². The molecule has 0 aliphatic rings. The molecule has 0 fully saturated rings. The number of carbonyl (C=O) groups excluding carboxylic acids is 1. The lowest BCUT2D eigenvalue weighted by Crippen LogP contribution is -2.33. The summed E-state index contributed by atoms with van der Waals surface area (Å²) in [5, 5.41) is 7.85. The molecule has 0 unspecified atom stereocenters. The summed E-state index contributed by atoms with van der Waals surface area (Å²) < 4.78 is 33.4.